The van der Waals surface area contributed by atoms with Crippen LogP contribution in [0.4, 0.5) is 13.2 Å². The topological polar surface area (TPSA) is 55.4 Å². The third kappa shape index (κ3) is 4.97. The summed E-state index contributed by atoms with van der Waals surface area (Å²) in [6.45, 7) is -0.146. The van der Waals surface area contributed by atoms with Crippen molar-refractivity contribution in [2.24, 2.45) is 0 Å². The normalized spacial score (nSPS) is 12.4. The molecule has 0 aliphatic rings. The van der Waals surface area contributed by atoms with Crippen molar-refractivity contribution < 1.29 is 26.3 Å². The number of halogens is 4. The van der Waals surface area contributed by atoms with Gasteiger partial charge >= 0.3 is 6.36 Å². The van der Waals surface area contributed by atoms with Gasteiger partial charge in [-0.1, -0.05) is 12.1 Å². The molecular weight excluding hydrogens is 407 g/mol. The van der Waals surface area contributed by atoms with E-state index in [2.05, 4.69) is 25.4 Å². The van der Waals surface area contributed by atoms with Gasteiger partial charge in [-0.15, -0.1) is 24.5 Å². The summed E-state index contributed by atoms with van der Waals surface area (Å²) in [5.74, 6) is -0.400. The van der Waals surface area contributed by atoms with Gasteiger partial charge in [-0.3, -0.25) is 0 Å². The Kier molecular flexibility index (Phi) is 5.15. The molecule has 120 valence electrons. The molecule has 2 aromatic rings. The van der Waals surface area contributed by atoms with Gasteiger partial charge in [0.05, 0.1) is 3.79 Å². The number of benzene rings is 1. The zero-order valence-corrected chi connectivity index (χ0v) is 13.9. The van der Waals surface area contributed by atoms with E-state index in [1.165, 1.54) is 18.2 Å². The zero-order chi connectivity index (χ0) is 16.4. The summed E-state index contributed by atoms with van der Waals surface area (Å²) in [5, 5.41) is 0. The van der Waals surface area contributed by atoms with Crippen LogP contribution in [-0.2, 0) is 16.6 Å². The van der Waals surface area contributed by atoms with Crippen LogP contribution in [0.5, 0.6) is 5.75 Å². The fraction of sp³-hybridized carbons (Fsp3) is 0.167. The number of sulfonamides is 1. The number of ether oxygens (including phenoxy) is 1. The van der Waals surface area contributed by atoms with Gasteiger partial charge in [-0.2, -0.15) is 0 Å². The molecule has 0 fully saturated rings. The maximum atomic E-state index is 12.1. The Morgan fingerprint density at radius 2 is 1.95 bits per heavy atom. The smallest absolute Gasteiger partial charge is 0.406 e. The molecule has 1 heterocycles. The standard InChI is InChI=1S/C12H9BrF3NO3S2/c13-10-4-5-11(21-10)22(18,19)17-7-8-2-1-3-9(6-8)20-12(14,15)16/h1-6,17H,7H2. The SMILES string of the molecule is O=S(=O)(NCc1cccc(OC(F)(F)F)c1)c1ccc(Br)s1. The van der Waals surface area contributed by atoms with Crippen molar-refractivity contribution in [3.63, 3.8) is 0 Å². The zero-order valence-electron chi connectivity index (χ0n) is 10.7. The van der Waals surface area contributed by atoms with Gasteiger partial charge in [0.2, 0.25) is 10.0 Å². The van der Waals surface area contributed by atoms with Crippen molar-refractivity contribution >= 4 is 37.3 Å². The number of thiophene rings is 1. The lowest BCUT2D eigenvalue weighted by Gasteiger charge is -2.10. The van der Waals surface area contributed by atoms with Crippen molar-refractivity contribution in [2.75, 3.05) is 0 Å². The summed E-state index contributed by atoms with van der Waals surface area (Å²) < 4.78 is 67.3. The maximum Gasteiger partial charge on any atom is 0.573 e. The number of hydrogen-bond donors (Lipinski definition) is 1. The van der Waals surface area contributed by atoms with Crippen LogP contribution in [-0.4, -0.2) is 14.8 Å². The average Bonchev–Trinajstić information content (AvgIpc) is 2.83. The molecule has 10 heteroatoms. The van der Waals surface area contributed by atoms with Gasteiger partial charge in [0.25, 0.3) is 0 Å². The minimum Gasteiger partial charge on any atom is -0.406 e. The van der Waals surface area contributed by atoms with Crippen LogP contribution < -0.4 is 9.46 Å². The highest BCUT2D eigenvalue weighted by atomic mass is 79.9. The Bertz CT molecular complexity index is 759. The van der Waals surface area contributed by atoms with E-state index in [1.54, 1.807) is 6.07 Å². The van der Waals surface area contributed by atoms with Crippen molar-refractivity contribution in [1.82, 2.24) is 4.72 Å². The van der Waals surface area contributed by atoms with Gasteiger partial charge in [-0.25, -0.2) is 13.1 Å². The molecule has 0 atom stereocenters. The molecule has 0 saturated carbocycles. The van der Waals surface area contributed by atoms with E-state index >= 15 is 0 Å². The van der Waals surface area contributed by atoms with Crippen LogP contribution in [0.1, 0.15) is 5.56 Å². The van der Waals surface area contributed by atoms with Crippen LogP contribution in [0.25, 0.3) is 0 Å². The second kappa shape index (κ2) is 6.57. The summed E-state index contributed by atoms with van der Waals surface area (Å²) in [7, 11) is -3.71. The van der Waals surface area contributed by atoms with E-state index in [4.69, 9.17) is 0 Å². The Hall–Kier alpha value is -1.10. The van der Waals surface area contributed by atoms with E-state index in [1.807, 2.05) is 0 Å². The van der Waals surface area contributed by atoms with Crippen LogP contribution in [0.3, 0.4) is 0 Å². The lowest BCUT2D eigenvalue weighted by Crippen LogP contribution is -2.22. The summed E-state index contributed by atoms with van der Waals surface area (Å²) in [6.07, 6.45) is -4.79. The van der Waals surface area contributed by atoms with Crippen molar-refractivity contribution in [3.05, 3.63) is 45.7 Å². The van der Waals surface area contributed by atoms with Gasteiger partial charge in [-0.05, 0) is 45.8 Å². The minimum absolute atomic E-state index is 0.113. The fourth-order valence-corrected chi connectivity index (χ4v) is 4.62. The molecular formula is C12H9BrF3NO3S2. The van der Waals surface area contributed by atoms with E-state index in [0.717, 1.165) is 23.5 Å². The largest absolute Gasteiger partial charge is 0.573 e. The van der Waals surface area contributed by atoms with Crippen molar-refractivity contribution in [2.45, 2.75) is 17.1 Å². The maximum absolute atomic E-state index is 12.1. The minimum atomic E-state index is -4.79. The van der Waals surface area contributed by atoms with Crippen molar-refractivity contribution in [1.29, 1.82) is 0 Å². The molecule has 1 aromatic carbocycles. The van der Waals surface area contributed by atoms with Crippen LogP contribution in [0.15, 0.2) is 44.4 Å². The molecule has 1 aromatic heterocycles. The highest BCUT2D eigenvalue weighted by Crippen LogP contribution is 2.26. The number of alkyl halides is 3. The fourth-order valence-electron chi connectivity index (χ4n) is 1.54. The lowest BCUT2D eigenvalue weighted by molar-refractivity contribution is -0.274. The quantitative estimate of drug-likeness (QED) is 0.805. The molecule has 0 spiro atoms. The lowest BCUT2D eigenvalue weighted by atomic mass is 10.2. The molecule has 0 aliphatic heterocycles. The first-order valence-corrected chi connectivity index (χ1v) is 8.85. The molecule has 0 bridgehead atoms. The number of rotatable bonds is 5. The van der Waals surface area contributed by atoms with Crippen molar-refractivity contribution in [3.8, 4) is 5.75 Å². The molecule has 1 N–H and O–H groups in total. The number of nitrogens with one attached hydrogen (secondary N) is 1. The Morgan fingerprint density at radius 3 is 2.55 bits per heavy atom. The van der Waals surface area contributed by atoms with E-state index in [9.17, 15) is 21.6 Å². The summed E-state index contributed by atoms with van der Waals surface area (Å²) in [6, 6.07) is 8.14. The molecule has 0 saturated heterocycles. The first kappa shape index (κ1) is 17.3. The first-order chi connectivity index (χ1) is 10.2. The van der Waals surface area contributed by atoms with Gasteiger partial charge in [0.15, 0.2) is 0 Å². The van der Waals surface area contributed by atoms with Gasteiger partial charge < -0.3 is 4.74 Å². The Labute approximate surface area is 137 Å². The van der Waals surface area contributed by atoms with Gasteiger partial charge in [0.1, 0.15) is 9.96 Å². The second-order valence-corrected chi connectivity index (χ2v) is 8.54. The molecule has 0 unspecified atom stereocenters. The second-order valence-electron chi connectivity index (χ2n) is 4.08. The third-order valence-electron chi connectivity index (χ3n) is 2.41. The molecule has 2 rings (SSSR count). The molecule has 4 nitrogen and oxygen atoms in total. The monoisotopic (exact) mass is 415 g/mol. The summed E-state index contributed by atoms with van der Waals surface area (Å²) in [4.78, 5) is 0. The molecule has 0 aliphatic carbocycles. The summed E-state index contributed by atoms with van der Waals surface area (Å²) >= 11 is 4.19. The Balaban J connectivity index is 2.07. The van der Waals surface area contributed by atoms with E-state index < -0.39 is 22.1 Å². The van der Waals surface area contributed by atoms with E-state index in [0.29, 0.717) is 9.35 Å². The number of hydrogen-bond acceptors (Lipinski definition) is 4. The third-order valence-corrected chi connectivity index (χ3v) is 5.93. The molecule has 0 radical (unpaired) electrons. The van der Waals surface area contributed by atoms with Crippen LogP contribution >= 0.6 is 27.3 Å². The predicted molar refractivity (Wildman–Crippen MR) is 79.2 cm³/mol. The predicted octanol–water partition coefficient (Wildman–Crippen LogP) is 3.89. The van der Waals surface area contributed by atoms with Gasteiger partial charge in [0, 0.05) is 6.54 Å². The average molecular weight is 416 g/mol. The Morgan fingerprint density at radius 1 is 1.23 bits per heavy atom. The van der Waals surface area contributed by atoms with E-state index in [-0.39, 0.29) is 10.8 Å². The molecule has 0 amide bonds. The molecule has 22 heavy (non-hydrogen) atoms. The first-order valence-electron chi connectivity index (χ1n) is 5.75. The van der Waals surface area contributed by atoms with Crippen LogP contribution in [0, 0.1) is 0 Å². The highest BCUT2D eigenvalue weighted by Gasteiger charge is 2.31. The highest BCUT2D eigenvalue weighted by molar-refractivity contribution is 9.11. The summed E-state index contributed by atoms with van der Waals surface area (Å²) in [5.41, 5.74) is 0.348. The van der Waals surface area contributed by atoms with Crippen LogP contribution in [0.2, 0.25) is 0 Å².